The molecule has 0 amide bonds. The predicted molar refractivity (Wildman–Crippen MR) is 54.3 cm³/mol. The van der Waals surface area contributed by atoms with Crippen LogP contribution in [0.2, 0.25) is 5.02 Å². The Labute approximate surface area is 86.4 Å². The fourth-order valence-electron chi connectivity index (χ4n) is 0.825. The third kappa shape index (κ3) is 2.96. The Balaban J connectivity index is 2.71. The summed E-state index contributed by atoms with van der Waals surface area (Å²) in [5.74, 6) is 0.0944. The summed E-state index contributed by atoms with van der Waals surface area (Å²) in [6.45, 7) is 0.123. The summed E-state index contributed by atoms with van der Waals surface area (Å²) >= 11 is 5.71. The van der Waals surface area contributed by atoms with Crippen molar-refractivity contribution < 1.29 is 5.11 Å². The topological polar surface area (TPSA) is 68.4 Å². The van der Waals surface area contributed by atoms with Crippen molar-refractivity contribution in [2.24, 2.45) is 5.10 Å². The molecule has 14 heavy (non-hydrogen) atoms. The third-order valence-electron chi connectivity index (χ3n) is 1.44. The zero-order valence-corrected chi connectivity index (χ0v) is 7.99. The van der Waals surface area contributed by atoms with E-state index in [-0.39, 0.29) is 12.3 Å². The number of nitriles is 1. The lowest BCUT2D eigenvalue weighted by molar-refractivity contribution is 0.474. The fourth-order valence-corrected chi connectivity index (χ4v) is 1.01. The molecule has 0 aliphatic rings. The zero-order valence-electron chi connectivity index (χ0n) is 7.24. The van der Waals surface area contributed by atoms with Crippen LogP contribution < -0.4 is 5.43 Å². The van der Waals surface area contributed by atoms with Gasteiger partial charge in [-0.25, -0.2) is 0 Å². The fraction of sp³-hybridized carbons (Fsp3) is 0.111. The van der Waals surface area contributed by atoms with Crippen LogP contribution in [0.5, 0.6) is 5.75 Å². The van der Waals surface area contributed by atoms with E-state index in [1.807, 2.05) is 6.07 Å². The van der Waals surface area contributed by atoms with Crippen molar-refractivity contribution in [3.05, 3.63) is 28.8 Å². The van der Waals surface area contributed by atoms with Crippen LogP contribution in [0.3, 0.4) is 0 Å². The van der Waals surface area contributed by atoms with E-state index in [2.05, 4.69) is 10.5 Å². The highest BCUT2D eigenvalue weighted by molar-refractivity contribution is 6.30. The molecular formula is C9H8ClN3O. The Morgan fingerprint density at radius 1 is 1.64 bits per heavy atom. The van der Waals surface area contributed by atoms with Gasteiger partial charge >= 0.3 is 0 Å². The second-order valence-corrected chi connectivity index (χ2v) is 2.89. The van der Waals surface area contributed by atoms with E-state index in [1.165, 1.54) is 12.3 Å². The molecule has 0 radical (unpaired) electrons. The maximum absolute atomic E-state index is 9.35. The van der Waals surface area contributed by atoms with Gasteiger partial charge in [-0.2, -0.15) is 10.4 Å². The highest BCUT2D eigenvalue weighted by Crippen LogP contribution is 2.19. The maximum atomic E-state index is 9.35. The molecule has 72 valence electrons. The molecule has 0 fully saturated rings. The van der Waals surface area contributed by atoms with Crippen molar-refractivity contribution in [3.63, 3.8) is 0 Å². The lowest BCUT2D eigenvalue weighted by Gasteiger charge is -1.98. The van der Waals surface area contributed by atoms with Crippen LogP contribution in [0.1, 0.15) is 5.56 Å². The first-order valence-electron chi connectivity index (χ1n) is 3.85. The van der Waals surface area contributed by atoms with Crippen molar-refractivity contribution >= 4 is 17.8 Å². The average molecular weight is 210 g/mol. The predicted octanol–water partition coefficient (Wildman–Crippen LogP) is 1.49. The van der Waals surface area contributed by atoms with Gasteiger partial charge in [0, 0.05) is 10.6 Å². The third-order valence-corrected chi connectivity index (χ3v) is 1.68. The van der Waals surface area contributed by atoms with Crippen molar-refractivity contribution in [1.29, 1.82) is 5.26 Å². The van der Waals surface area contributed by atoms with Crippen molar-refractivity contribution in [2.45, 2.75) is 0 Å². The van der Waals surface area contributed by atoms with Gasteiger partial charge in [0.25, 0.3) is 0 Å². The standard InChI is InChI=1S/C9H8ClN3O/c10-8-1-2-9(14)7(5-8)6-13-12-4-3-11/h1-2,5-6,12,14H,4H2. The van der Waals surface area contributed by atoms with Crippen LogP contribution >= 0.6 is 11.6 Å². The summed E-state index contributed by atoms with van der Waals surface area (Å²) in [6.07, 6.45) is 1.40. The van der Waals surface area contributed by atoms with E-state index in [0.29, 0.717) is 10.6 Å². The lowest BCUT2D eigenvalue weighted by atomic mass is 10.2. The highest BCUT2D eigenvalue weighted by atomic mass is 35.5. The van der Waals surface area contributed by atoms with E-state index >= 15 is 0 Å². The number of benzene rings is 1. The van der Waals surface area contributed by atoms with E-state index in [0.717, 1.165) is 0 Å². The Morgan fingerprint density at radius 2 is 2.43 bits per heavy atom. The summed E-state index contributed by atoms with van der Waals surface area (Å²) in [5, 5.41) is 21.8. The normalized spacial score (nSPS) is 10.0. The molecule has 1 rings (SSSR count). The van der Waals surface area contributed by atoms with Gasteiger partial charge in [-0.15, -0.1) is 0 Å². The molecule has 0 aliphatic carbocycles. The first-order valence-corrected chi connectivity index (χ1v) is 4.23. The number of nitrogens with zero attached hydrogens (tertiary/aromatic N) is 2. The van der Waals surface area contributed by atoms with E-state index in [9.17, 15) is 5.11 Å². The molecule has 2 N–H and O–H groups in total. The summed E-state index contributed by atoms with van der Waals surface area (Å²) in [4.78, 5) is 0. The maximum Gasteiger partial charge on any atom is 0.124 e. The molecule has 0 atom stereocenters. The number of halogens is 1. The molecular weight excluding hydrogens is 202 g/mol. The molecule has 1 aromatic rings. The van der Waals surface area contributed by atoms with Crippen LogP contribution in [-0.4, -0.2) is 17.9 Å². The van der Waals surface area contributed by atoms with Crippen LogP contribution in [0, 0.1) is 11.3 Å². The number of hydrogen-bond acceptors (Lipinski definition) is 4. The highest BCUT2D eigenvalue weighted by Gasteiger charge is 1.97. The van der Waals surface area contributed by atoms with E-state index in [4.69, 9.17) is 16.9 Å². The van der Waals surface area contributed by atoms with Crippen LogP contribution in [0.4, 0.5) is 0 Å². The van der Waals surface area contributed by atoms with Crippen LogP contribution in [0.15, 0.2) is 23.3 Å². The second kappa shape index (κ2) is 5.10. The molecule has 1 aromatic carbocycles. The molecule has 0 aromatic heterocycles. The number of nitrogens with one attached hydrogen (secondary N) is 1. The first-order chi connectivity index (χ1) is 6.74. The number of hydrogen-bond donors (Lipinski definition) is 2. The first kappa shape index (κ1) is 10.4. The Hall–Kier alpha value is -1.73. The number of phenolic OH excluding ortho intramolecular Hbond substituents is 1. The summed E-state index contributed by atoms with van der Waals surface area (Å²) < 4.78 is 0. The summed E-state index contributed by atoms with van der Waals surface area (Å²) in [7, 11) is 0. The van der Waals surface area contributed by atoms with Gasteiger partial charge < -0.3 is 5.11 Å². The zero-order chi connectivity index (χ0) is 10.4. The molecule has 0 aliphatic heterocycles. The molecule has 0 unspecified atom stereocenters. The van der Waals surface area contributed by atoms with E-state index < -0.39 is 0 Å². The molecule has 0 spiro atoms. The summed E-state index contributed by atoms with van der Waals surface area (Å²) in [6, 6.07) is 6.50. The second-order valence-electron chi connectivity index (χ2n) is 2.45. The van der Waals surface area contributed by atoms with Crippen LogP contribution in [0.25, 0.3) is 0 Å². The monoisotopic (exact) mass is 209 g/mol. The quantitative estimate of drug-likeness (QED) is 0.343. The number of aromatic hydroxyl groups is 1. The van der Waals surface area contributed by atoms with Crippen molar-refractivity contribution in [1.82, 2.24) is 5.43 Å². The molecule has 0 heterocycles. The van der Waals surface area contributed by atoms with Gasteiger partial charge in [0.15, 0.2) is 0 Å². The summed E-state index contributed by atoms with van der Waals surface area (Å²) in [5.41, 5.74) is 2.99. The van der Waals surface area contributed by atoms with Gasteiger partial charge in [-0.3, -0.25) is 5.43 Å². The number of hydrazone groups is 1. The minimum atomic E-state index is 0.0944. The Morgan fingerprint density at radius 3 is 3.14 bits per heavy atom. The Bertz CT molecular complexity index is 384. The average Bonchev–Trinajstić information content (AvgIpc) is 2.18. The van der Waals surface area contributed by atoms with Crippen LogP contribution in [-0.2, 0) is 0 Å². The van der Waals surface area contributed by atoms with E-state index in [1.54, 1.807) is 12.1 Å². The molecule has 0 bridgehead atoms. The molecule has 0 saturated carbocycles. The van der Waals surface area contributed by atoms with Crippen molar-refractivity contribution in [3.8, 4) is 11.8 Å². The van der Waals surface area contributed by atoms with Gasteiger partial charge in [-0.05, 0) is 18.2 Å². The number of rotatable bonds is 3. The van der Waals surface area contributed by atoms with Gasteiger partial charge in [-0.1, -0.05) is 11.6 Å². The van der Waals surface area contributed by atoms with Crippen molar-refractivity contribution in [2.75, 3.05) is 6.54 Å². The smallest absolute Gasteiger partial charge is 0.124 e. The number of phenols is 1. The SMILES string of the molecule is N#CCNN=Cc1cc(Cl)ccc1O. The van der Waals surface area contributed by atoms with Gasteiger partial charge in [0.2, 0.25) is 0 Å². The Kier molecular flexibility index (Phi) is 3.77. The minimum absolute atomic E-state index is 0.0944. The minimum Gasteiger partial charge on any atom is -0.507 e. The molecule has 5 heteroatoms. The molecule has 4 nitrogen and oxygen atoms in total. The van der Waals surface area contributed by atoms with Gasteiger partial charge in [0.1, 0.15) is 12.3 Å². The van der Waals surface area contributed by atoms with Gasteiger partial charge in [0.05, 0.1) is 12.3 Å². The molecule has 0 saturated heterocycles. The lowest BCUT2D eigenvalue weighted by Crippen LogP contribution is -2.04. The largest absolute Gasteiger partial charge is 0.507 e.